The van der Waals surface area contributed by atoms with E-state index in [4.69, 9.17) is 9.31 Å². The van der Waals surface area contributed by atoms with Gasteiger partial charge in [0.05, 0.1) is 16.9 Å². The summed E-state index contributed by atoms with van der Waals surface area (Å²) >= 11 is 0. The van der Waals surface area contributed by atoms with Gasteiger partial charge in [-0.25, -0.2) is 0 Å². The first-order valence-corrected chi connectivity index (χ1v) is 7.67. The SMILES string of the molecule is Cc1ccc(-c2ccc(B3OC(C)(C)C(C)(C)O3)cc2)nc1. The lowest BCUT2D eigenvalue weighted by Gasteiger charge is -2.32. The summed E-state index contributed by atoms with van der Waals surface area (Å²) in [7, 11) is -0.315. The van der Waals surface area contributed by atoms with Crippen LogP contribution in [0.4, 0.5) is 0 Å². The predicted molar refractivity (Wildman–Crippen MR) is 90.1 cm³/mol. The Morgan fingerprint density at radius 1 is 0.864 bits per heavy atom. The van der Waals surface area contributed by atoms with Crippen LogP contribution in [-0.2, 0) is 9.31 Å². The van der Waals surface area contributed by atoms with Gasteiger partial charge in [-0.1, -0.05) is 30.3 Å². The Morgan fingerprint density at radius 2 is 1.45 bits per heavy atom. The van der Waals surface area contributed by atoms with E-state index >= 15 is 0 Å². The van der Waals surface area contributed by atoms with Crippen molar-refractivity contribution in [3.63, 3.8) is 0 Å². The van der Waals surface area contributed by atoms with Crippen LogP contribution in [0.2, 0.25) is 0 Å². The number of pyridine rings is 1. The fourth-order valence-corrected chi connectivity index (χ4v) is 2.43. The summed E-state index contributed by atoms with van der Waals surface area (Å²) in [4.78, 5) is 4.46. The van der Waals surface area contributed by atoms with Crippen LogP contribution >= 0.6 is 0 Å². The van der Waals surface area contributed by atoms with Crippen LogP contribution in [0.3, 0.4) is 0 Å². The molecule has 0 saturated carbocycles. The number of aromatic nitrogens is 1. The summed E-state index contributed by atoms with van der Waals surface area (Å²) in [5.74, 6) is 0. The second-order valence-corrected chi connectivity index (χ2v) is 6.93. The average molecular weight is 295 g/mol. The van der Waals surface area contributed by atoms with E-state index in [1.807, 2.05) is 19.2 Å². The molecule has 2 aromatic rings. The molecule has 1 aliphatic heterocycles. The summed E-state index contributed by atoms with van der Waals surface area (Å²) in [5, 5.41) is 0. The standard InChI is InChI=1S/C18H22BNO2/c1-13-6-11-16(20-12-13)14-7-9-15(10-8-14)19-21-17(2,3)18(4,5)22-19/h6-12H,1-5H3. The molecular formula is C18H22BNO2. The van der Waals surface area contributed by atoms with Gasteiger partial charge in [-0.2, -0.15) is 0 Å². The van der Waals surface area contributed by atoms with Gasteiger partial charge in [-0.05, 0) is 51.7 Å². The molecule has 0 amide bonds. The number of hydrogen-bond acceptors (Lipinski definition) is 3. The molecule has 1 fully saturated rings. The Kier molecular flexibility index (Phi) is 3.62. The highest BCUT2D eigenvalue weighted by Crippen LogP contribution is 2.36. The summed E-state index contributed by atoms with van der Waals surface area (Å²) < 4.78 is 12.1. The van der Waals surface area contributed by atoms with Crippen molar-refractivity contribution < 1.29 is 9.31 Å². The Bertz CT molecular complexity index is 646. The average Bonchev–Trinajstić information content (AvgIpc) is 2.68. The van der Waals surface area contributed by atoms with E-state index in [-0.39, 0.29) is 18.3 Å². The van der Waals surface area contributed by atoms with E-state index < -0.39 is 0 Å². The Morgan fingerprint density at radius 3 is 1.95 bits per heavy atom. The molecule has 4 heteroatoms. The maximum absolute atomic E-state index is 6.07. The van der Waals surface area contributed by atoms with Crippen LogP contribution in [0.1, 0.15) is 33.3 Å². The zero-order valence-electron chi connectivity index (χ0n) is 13.9. The zero-order chi connectivity index (χ0) is 16.0. The molecule has 0 aliphatic carbocycles. The van der Waals surface area contributed by atoms with Gasteiger partial charge in [0, 0.05) is 11.8 Å². The van der Waals surface area contributed by atoms with Gasteiger partial charge < -0.3 is 9.31 Å². The highest BCUT2D eigenvalue weighted by atomic mass is 16.7. The summed E-state index contributed by atoms with van der Waals surface area (Å²) in [6, 6.07) is 12.4. The monoisotopic (exact) mass is 295 g/mol. The van der Waals surface area contributed by atoms with Crippen molar-refractivity contribution in [1.82, 2.24) is 4.98 Å². The minimum absolute atomic E-state index is 0.311. The second-order valence-electron chi connectivity index (χ2n) is 6.93. The van der Waals surface area contributed by atoms with Crippen molar-refractivity contribution in [1.29, 1.82) is 0 Å². The zero-order valence-corrected chi connectivity index (χ0v) is 13.9. The molecule has 0 unspecified atom stereocenters. The number of aryl methyl sites for hydroxylation is 1. The van der Waals surface area contributed by atoms with Crippen LogP contribution in [0.25, 0.3) is 11.3 Å². The summed E-state index contributed by atoms with van der Waals surface area (Å²) in [6.07, 6.45) is 1.89. The van der Waals surface area contributed by atoms with Gasteiger partial charge >= 0.3 is 7.12 Å². The molecule has 0 bridgehead atoms. The Labute approximate surface area is 132 Å². The van der Waals surface area contributed by atoms with Gasteiger partial charge in [-0.15, -0.1) is 0 Å². The summed E-state index contributed by atoms with van der Waals surface area (Å²) in [5.41, 5.74) is 3.66. The van der Waals surface area contributed by atoms with Crippen LogP contribution in [0.15, 0.2) is 42.6 Å². The first-order chi connectivity index (χ1) is 10.3. The number of hydrogen-bond donors (Lipinski definition) is 0. The molecule has 1 aliphatic rings. The number of nitrogens with zero attached hydrogens (tertiary/aromatic N) is 1. The topological polar surface area (TPSA) is 31.4 Å². The van der Waals surface area contributed by atoms with Crippen LogP contribution in [0, 0.1) is 6.92 Å². The minimum Gasteiger partial charge on any atom is -0.399 e. The molecule has 1 aromatic heterocycles. The molecule has 1 saturated heterocycles. The lowest BCUT2D eigenvalue weighted by atomic mass is 9.79. The fraction of sp³-hybridized carbons (Fsp3) is 0.389. The molecule has 0 N–H and O–H groups in total. The first-order valence-electron chi connectivity index (χ1n) is 7.67. The summed E-state index contributed by atoms with van der Waals surface area (Å²) in [6.45, 7) is 10.3. The van der Waals surface area contributed by atoms with Crippen LogP contribution < -0.4 is 5.46 Å². The molecule has 0 radical (unpaired) electrons. The van der Waals surface area contributed by atoms with E-state index in [1.165, 1.54) is 0 Å². The van der Waals surface area contributed by atoms with Crippen molar-refractivity contribution in [2.24, 2.45) is 0 Å². The maximum atomic E-state index is 6.07. The van der Waals surface area contributed by atoms with Crippen LogP contribution in [0.5, 0.6) is 0 Å². The quantitative estimate of drug-likeness (QED) is 0.796. The largest absolute Gasteiger partial charge is 0.494 e. The van der Waals surface area contributed by atoms with Gasteiger partial charge in [0.2, 0.25) is 0 Å². The van der Waals surface area contributed by atoms with E-state index in [9.17, 15) is 0 Å². The fourth-order valence-electron chi connectivity index (χ4n) is 2.43. The van der Waals surface area contributed by atoms with Crippen molar-refractivity contribution in [2.45, 2.75) is 45.8 Å². The van der Waals surface area contributed by atoms with Gasteiger partial charge in [0.25, 0.3) is 0 Å². The second kappa shape index (κ2) is 5.22. The van der Waals surface area contributed by atoms with Gasteiger partial charge in [0.15, 0.2) is 0 Å². The Hall–Kier alpha value is -1.65. The van der Waals surface area contributed by atoms with E-state index in [0.717, 1.165) is 22.3 Å². The molecule has 0 atom stereocenters. The molecule has 22 heavy (non-hydrogen) atoms. The van der Waals surface area contributed by atoms with E-state index in [0.29, 0.717) is 0 Å². The molecule has 3 nitrogen and oxygen atoms in total. The smallest absolute Gasteiger partial charge is 0.399 e. The molecule has 114 valence electrons. The van der Waals surface area contributed by atoms with Crippen molar-refractivity contribution in [2.75, 3.05) is 0 Å². The van der Waals surface area contributed by atoms with Gasteiger partial charge in [0.1, 0.15) is 0 Å². The minimum atomic E-state index is -0.315. The van der Waals surface area contributed by atoms with Crippen LogP contribution in [-0.4, -0.2) is 23.3 Å². The third kappa shape index (κ3) is 2.69. The van der Waals surface area contributed by atoms with E-state index in [1.54, 1.807) is 0 Å². The molecule has 0 spiro atoms. The lowest BCUT2D eigenvalue weighted by Crippen LogP contribution is -2.41. The van der Waals surface area contributed by atoms with Gasteiger partial charge in [-0.3, -0.25) is 4.98 Å². The normalized spacial score (nSPS) is 19.4. The number of rotatable bonds is 2. The maximum Gasteiger partial charge on any atom is 0.494 e. The predicted octanol–water partition coefficient (Wildman–Crippen LogP) is 3.36. The molecule has 1 aromatic carbocycles. The highest BCUT2D eigenvalue weighted by molar-refractivity contribution is 6.62. The molecular weight excluding hydrogens is 273 g/mol. The first kappa shape index (κ1) is 15.3. The molecule has 2 heterocycles. The van der Waals surface area contributed by atoms with Crippen molar-refractivity contribution in [3.8, 4) is 11.3 Å². The highest BCUT2D eigenvalue weighted by Gasteiger charge is 2.51. The Balaban J connectivity index is 1.82. The molecule has 3 rings (SSSR count). The van der Waals surface area contributed by atoms with Crippen molar-refractivity contribution >= 4 is 12.6 Å². The van der Waals surface area contributed by atoms with Crippen molar-refractivity contribution in [3.05, 3.63) is 48.2 Å². The third-order valence-electron chi connectivity index (χ3n) is 4.64. The lowest BCUT2D eigenvalue weighted by molar-refractivity contribution is 0.00578. The number of benzene rings is 1. The third-order valence-corrected chi connectivity index (χ3v) is 4.64. The van der Waals surface area contributed by atoms with E-state index in [2.05, 4.69) is 63.0 Å².